The first-order valence-corrected chi connectivity index (χ1v) is 6.33. The largest absolute Gasteiger partial charge is 0.380 e. The van der Waals surface area contributed by atoms with Gasteiger partial charge in [0.15, 0.2) is 0 Å². The second-order valence-electron chi connectivity index (χ2n) is 5.08. The molecule has 0 bridgehead atoms. The van der Waals surface area contributed by atoms with Crippen LogP contribution in [0, 0.1) is 11.7 Å². The van der Waals surface area contributed by atoms with Crippen LogP contribution in [0.2, 0.25) is 0 Å². The fourth-order valence-corrected chi connectivity index (χ4v) is 2.74. The van der Waals surface area contributed by atoms with Crippen molar-refractivity contribution in [3.05, 3.63) is 35.1 Å². The Morgan fingerprint density at radius 3 is 2.83 bits per heavy atom. The Morgan fingerprint density at radius 2 is 2.28 bits per heavy atom. The maximum Gasteiger partial charge on any atom is 0.128 e. The monoisotopic (exact) mass is 252 g/mol. The first-order valence-electron chi connectivity index (χ1n) is 6.33. The zero-order valence-electron chi connectivity index (χ0n) is 11.0. The summed E-state index contributed by atoms with van der Waals surface area (Å²) in [6, 6.07) is 5.53. The molecule has 1 saturated heterocycles. The molecule has 3 nitrogen and oxygen atoms in total. The highest BCUT2D eigenvalue weighted by Gasteiger charge is 2.31. The molecule has 1 fully saturated rings. The van der Waals surface area contributed by atoms with Gasteiger partial charge in [-0.25, -0.2) is 4.39 Å². The number of benzene rings is 1. The third-order valence-electron chi connectivity index (χ3n) is 3.70. The van der Waals surface area contributed by atoms with Crippen molar-refractivity contribution in [1.29, 1.82) is 0 Å². The molecule has 0 radical (unpaired) electrons. The molecule has 2 N–H and O–H groups in total. The zero-order valence-corrected chi connectivity index (χ0v) is 11.0. The predicted octanol–water partition coefficient (Wildman–Crippen LogP) is 1.92. The highest BCUT2D eigenvalue weighted by atomic mass is 19.1. The molecular weight excluding hydrogens is 231 g/mol. The van der Waals surface area contributed by atoms with Gasteiger partial charge in [0.2, 0.25) is 0 Å². The Hall–Kier alpha value is -0.970. The van der Waals surface area contributed by atoms with Crippen LogP contribution < -0.4 is 5.73 Å². The Labute approximate surface area is 108 Å². The molecule has 1 aromatic carbocycles. The van der Waals surface area contributed by atoms with Crippen LogP contribution >= 0.6 is 0 Å². The molecule has 4 heteroatoms. The number of halogens is 1. The van der Waals surface area contributed by atoms with E-state index in [1.807, 2.05) is 19.2 Å². The molecule has 2 rings (SSSR count). The summed E-state index contributed by atoms with van der Waals surface area (Å²) < 4.78 is 19.1. The van der Waals surface area contributed by atoms with Crippen LogP contribution in [0.25, 0.3) is 0 Å². The second-order valence-corrected chi connectivity index (χ2v) is 5.08. The topological polar surface area (TPSA) is 38.5 Å². The summed E-state index contributed by atoms with van der Waals surface area (Å²) in [5.41, 5.74) is 7.34. The van der Waals surface area contributed by atoms with Gasteiger partial charge in [-0.05, 0) is 37.6 Å². The lowest BCUT2D eigenvalue weighted by Gasteiger charge is -2.20. The average Bonchev–Trinajstić information content (AvgIpc) is 2.71. The smallest absolute Gasteiger partial charge is 0.128 e. The van der Waals surface area contributed by atoms with Crippen LogP contribution in [0.3, 0.4) is 0 Å². The summed E-state index contributed by atoms with van der Waals surface area (Å²) in [5, 5.41) is 0. The number of nitrogens with zero attached hydrogens (tertiary/aromatic N) is 1. The maximum atomic E-state index is 14.1. The molecular formula is C14H21FN2O. The minimum atomic E-state index is -0.140. The lowest BCUT2D eigenvalue weighted by Crippen LogP contribution is -2.21. The van der Waals surface area contributed by atoms with Gasteiger partial charge in [-0.1, -0.05) is 12.1 Å². The van der Waals surface area contributed by atoms with Gasteiger partial charge in [-0.15, -0.1) is 0 Å². The summed E-state index contributed by atoms with van der Waals surface area (Å²) >= 11 is 0. The van der Waals surface area contributed by atoms with Crippen molar-refractivity contribution in [1.82, 2.24) is 4.90 Å². The van der Waals surface area contributed by atoms with E-state index in [2.05, 4.69) is 4.90 Å². The van der Waals surface area contributed by atoms with Gasteiger partial charge in [0.1, 0.15) is 5.82 Å². The van der Waals surface area contributed by atoms with Gasteiger partial charge in [0.25, 0.3) is 0 Å². The van der Waals surface area contributed by atoms with Crippen LogP contribution in [0.15, 0.2) is 18.2 Å². The van der Waals surface area contributed by atoms with E-state index in [1.165, 1.54) is 0 Å². The number of ether oxygens (including phenoxy) is 1. The first kappa shape index (κ1) is 13.5. The molecule has 0 amide bonds. The quantitative estimate of drug-likeness (QED) is 0.889. The van der Waals surface area contributed by atoms with E-state index < -0.39 is 0 Å². The van der Waals surface area contributed by atoms with Crippen molar-refractivity contribution in [2.45, 2.75) is 19.1 Å². The van der Waals surface area contributed by atoms with Gasteiger partial charge < -0.3 is 10.5 Å². The van der Waals surface area contributed by atoms with Gasteiger partial charge in [-0.3, -0.25) is 4.90 Å². The van der Waals surface area contributed by atoms with Crippen molar-refractivity contribution in [3.8, 4) is 0 Å². The Bertz CT molecular complexity index is 411. The van der Waals surface area contributed by atoms with Crippen LogP contribution in [0.4, 0.5) is 4.39 Å². The zero-order chi connectivity index (χ0) is 13.1. The molecule has 2 unspecified atom stereocenters. The van der Waals surface area contributed by atoms with E-state index in [0.29, 0.717) is 19.1 Å². The fourth-order valence-electron chi connectivity index (χ4n) is 2.74. The molecule has 1 heterocycles. The number of hydrogen-bond donors (Lipinski definition) is 1. The summed E-state index contributed by atoms with van der Waals surface area (Å²) in [7, 11) is 3.64. The highest BCUT2D eigenvalue weighted by molar-refractivity contribution is 5.27. The standard InChI is InChI=1S/C14H21FN2O/c1-17-8-11(7-16)6-14(17)12-4-3-10(9-18-2)5-13(12)15/h3-5,11,14H,6-9,16H2,1-2H3. The minimum absolute atomic E-state index is 0.140. The Morgan fingerprint density at radius 1 is 1.50 bits per heavy atom. The summed E-state index contributed by atoms with van der Waals surface area (Å²) in [4.78, 5) is 2.19. The lowest BCUT2D eigenvalue weighted by atomic mass is 9.98. The van der Waals surface area contributed by atoms with E-state index in [-0.39, 0.29) is 11.9 Å². The van der Waals surface area contributed by atoms with E-state index in [4.69, 9.17) is 10.5 Å². The number of hydrogen-bond acceptors (Lipinski definition) is 3. The molecule has 0 saturated carbocycles. The third kappa shape index (κ3) is 2.71. The van der Waals surface area contributed by atoms with Crippen molar-refractivity contribution >= 4 is 0 Å². The highest BCUT2D eigenvalue weighted by Crippen LogP contribution is 2.35. The number of likely N-dealkylation sites (tertiary alicyclic amines) is 1. The predicted molar refractivity (Wildman–Crippen MR) is 69.6 cm³/mol. The van der Waals surface area contributed by atoms with Crippen molar-refractivity contribution < 1.29 is 9.13 Å². The van der Waals surface area contributed by atoms with Gasteiger partial charge in [0, 0.05) is 25.3 Å². The van der Waals surface area contributed by atoms with E-state index in [1.54, 1.807) is 13.2 Å². The van der Waals surface area contributed by atoms with E-state index in [0.717, 1.165) is 24.1 Å². The fraction of sp³-hybridized carbons (Fsp3) is 0.571. The first-order chi connectivity index (χ1) is 8.65. The normalized spacial score (nSPS) is 24.7. The van der Waals surface area contributed by atoms with Gasteiger partial charge in [-0.2, -0.15) is 0 Å². The molecule has 18 heavy (non-hydrogen) atoms. The molecule has 0 spiro atoms. The van der Waals surface area contributed by atoms with Crippen molar-refractivity contribution in [2.75, 3.05) is 27.2 Å². The van der Waals surface area contributed by atoms with E-state index in [9.17, 15) is 4.39 Å². The Kier molecular flexibility index (Phi) is 4.32. The van der Waals surface area contributed by atoms with E-state index >= 15 is 0 Å². The summed E-state index contributed by atoms with van der Waals surface area (Å²) in [6.07, 6.45) is 0.938. The third-order valence-corrected chi connectivity index (χ3v) is 3.70. The molecule has 100 valence electrons. The van der Waals surface area contributed by atoms with Gasteiger partial charge in [0.05, 0.1) is 6.61 Å². The van der Waals surface area contributed by atoms with Crippen LogP contribution in [0.1, 0.15) is 23.6 Å². The number of methoxy groups -OCH3 is 1. The molecule has 0 aliphatic carbocycles. The molecule has 0 aromatic heterocycles. The van der Waals surface area contributed by atoms with Crippen molar-refractivity contribution in [2.24, 2.45) is 11.7 Å². The maximum absolute atomic E-state index is 14.1. The molecule has 1 aliphatic rings. The summed E-state index contributed by atoms with van der Waals surface area (Å²) in [6.45, 7) is 2.06. The van der Waals surface area contributed by atoms with Crippen LogP contribution in [-0.4, -0.2) is 32.1 Å². The SMILES string of the molecule is COCc1ccc(C2CC(CN)CN2C)c(F)c1. The second kappa shape index (κ2) is 5.78. The van der Waals surface area contributed by atoms with Crippen LogP contribution in [-0.2, 0) is 11.3 Å². The summed E-state index contributed by atoms with van der Waals surface area (Å²) in [5.74, 6) is 0.331. The average molecular weight is 252 g/mol. The molecule has 1 aromatic rings. The molecule has 2 atom stereocenters. The lowest BCUT2D eigenvalue weighted by molar-refractivity contribution is 0.184. The Balaban J connectivity index is 2.18. The van der Waals surface area contributed by atoms with Crippen molar-refractivity contribution in [3.63, 3.8) is 0 Å². The number of nitrogens with two attached hydrogens (primary N) is 1. The minimum Gasteiger partial charge on any atom is -0.380 e. The van der Waals surface area contributed by atoms with Gasteiger partial charge >= 0.3 is 0 Å². The number of rotatable bonds is 4. The molecule has 1 aliphatic heterocycles. The van der Waals surface area contributed by atoms with Crippen LogP contribution in [0.5, 0.6) is 0 Å².